The van der Waals surface area contributed by atoms with Gasteiger partial charge in [0.25, 0.3) is 0 Å². The van der Waals surface area contributed by atoms with Crippen LogP contribution in [0.15, 0.2) is 0 Å². The van der Waals surface area contributed by atoms with E-state index < -0.39 is 12.1 Å². The van der Waals surface area contributed by atoms with Crippen molar-refractivity contribution >= 4 is 11.8 Å². The molecule has 0 aliphatic heterocycles. The van der Waals surface area contributed by atoms with Crippen molar-refractivity contribution in [1.82, 2.24) is 5.32 Å². The van der Waals surface area contributed by atoms with Crippen molar-refractivity contribution in [2.24, 2.45) is 5.92 Å². The zero-order chi connectivity index (χ0) is 14.1. The van der Waals surface area contributed by atoms with E-state index in [2.05, 4.69) is 11.6 Å². The van der Waals surface area contributed by atoms with Crippen LogP contribution in [0.1, 0.15) is 51.4 Å². The van der Waals surface area contributed by atoms with E-state index in [1.165, 1.54) is 25.0 Å². The van der Waals surface area contributed by atoms with E-state index in [4.69, 9.17) is 0 Å². The Morgan fingerprint density at radius 2 is 1.63 bits per heavy atom. The molecule has 0 aromatic carbocycles. The zero-order valence-corrected chi connectivity index (χ0v) is 12.6. The molecule has 1 aliphatic rings. The van der Waals surface area contributed by atoms with Crippen LogP contribution < -0.4 is 5.32 Å². The summed E-state index contributed by atoms with van der Waals surface area (Å²) in [5.41, 5.74) is 0. The molecule has 1 N–H and O–H groups in total. The molecule has 0 aromatic heterocycles. The third-order valence-electron chi connectivity index (χ3n) is 3.90. The predicted octanol–water partition coefficient (Wildman–Crippen LogP) is 4.62. The first-order valence-corrected chi connectivity index (χ1v) is 8.72. The van der Waals surface area contributed by atoms with Crippen molar-refractivity contribution in [2.45, 2.75) is 63.6 Å². The summed E-state index contributed by atoms with van der Waals surface area (Å²) in [4.78, 5) is 0. The summed E-state index contributed by atoms with van der Waals surface area (Å²) < 4.78 is 37.5. The van der Waals surface area contributed by atoms with Gasteiger partial charge in [0.2, 0.25) is 0 Å². The summed E-state index contributed by atoms with van der Waals surface area (Å²) in [6.07, 6.45) is 5.01. The van der Waals surface area contributed by atoms with Crippen LogP contribution >= 0.6 is 11.8 Å². The third kappa shape index (κ3) is 7.45. The van der Waals surface area contributed by atoms with Crippen LogP contribution in [-0.2, 0) is 0 Å². The molecular formula is C14H26F3NS. The largest absolute Gasteiger partial charge is 0.391 e. The lowest BCUT2D eigenvalue weighted by molar-refractivity contribution is -0.182. The van der Waals surface area contributed by atoms with Crippen molar-refractivity contribution in [1.29, 1.82) is 0 Å². The lowest BCUT2D eigenvalue weighted by Crippen LogP contribution is -2.37. The van der Waals surface area contributed by atoms with E-state index in [-0.39, 0.29) is 0 Å². The molecule has 1 aliphatic carbocycles. The standard InChI is InChI=1S/C14H26F3NS/c1-19-11-5-3-2-4-10-18-13-8-6-12(7-9-13)14(15,16)17/h12-13,18H,2-11H2,1H3. The average Bonchev–Trinajstić information content (AvgIpc) is 2.37. The summed E-state index contributed by atoms with van der Waals surface area (Å²) in [7, 11) is 0. The van der Waals surface area contributed by atoms with Crippen molar-refractivity contribution < 1.29 is 13.2 Å². The van der Waals surface area contributed by atoms with Crippen molar-refractivity contribution in [3.05, 3.63) is 0 Å². The van der Waals surface area contributed by atoms with Gasteiger partial charge in [-0.25, -0.2) is 0 Å². The SMILES string of the molecule is CSCCCCCCNC1CCC(C(F)(F)F)CC1. The van der Waals surface area contributed by atoms with E-state index in [1.807, 2.05) is 11.8 Å². The average molecular weight is 297 g/mol. The summed E-state index contributed by atoms with van der Waals surface area (Å²) in [5, 5.41) is 3.41. The lowest BCUT2D eigenvalue weighted by atomic mass is 9.85. The van der Waals surface area contributed by atoms with Gasteiger partial charge in [-0.1, -0.05) is 12.8 Å². The van der Waals surface area contributed by atoms with Crippen molar-refractivity contribution in [3.8, 4) is 0 Å². The molecule has 0 atom stereocenters. The Labute approximate surface area is 119 Å². The molecule has 0 aromatic rings. The molecular weight excluding hydrogens is 271 g/mol. The monoisotopic (exact) mass is 297 g/mol. The molecule has 114 valence electrons. The van der Waals surface area contributed by atoms with Crippen LogP contribution in [0.2, 0.25) is 0 Å². The highest BCUT2D eigenvalue weighted by Gasteiger charge is 2.41. The normalized spacial score (nSPS) is 24.6. The maximum absolute atomic E-state index is 12.5. The van der Waals surface area contributed by atoms with Crippen LogP contribution in [0, 0.1) is 5.92 Å². The van der Waals surface area contributed by atoms with Crippen LogP contribution in [0.5, 0.6) is 0 Å². The first kappa shape index (κ1) is 17.2. The first-order valence-electron chi connectivity index (χ1n) is 7.33. The quantitative estimate of drug-likeness (QED) is 0.656. The summed E-state index contributed by atoms with van der Waals surface area (Å²) in [6.45, 7) is 0.959. The second kappa shape index (κ2) is 9.11. The van der Waals surface area contributed by atoms with Gasteiger partial charge in [-0.2, -0.15) is 24.9 Å². The second-order valence-electron chi connectivity index (χ2n) is 5.45. The third-order valence-corrected chi connectivity index (χ3v) is 4.60. The topological polar surface area (TPSA) is 12.0 Å². The number of halogens is 3. The molecule has 19 heavy (non-hydrogen) atoms. The lowest BCUT2D eigenvalue weighted by Gasteiger charge is -2.30. The molecule has 0 spiro atoms. The molecule has 5 heteroatoms. The van der Waals surface area contributed by atoms with Gasteiger partial charge in [0.1, 0.15) is 0 Å². The van der Waals surface area contributed by atoms with Gasteiger partial charge >= 0.3 is 6.18 Å². The molecule has 0 saturated heterocycles. The van der Waals surface area contributed by atoms with Gasteiger partial charge in [0.15, 0.2) is 0 Å². The molecule has 1 nitrogen and oxygen atoms in total. The Bertz CT molecular complexity index is 225. The number of hydrogen-bond acceptors (Lipinski definition) is 2. The zero-order valence-electron chi connectivity index (χ0n) is 11.8. The van der Waals surface area contributed by atoms with Crippen LogP contribution in [0.25, 0.3) is 0 Å². The van der Waals surface area contributed by atoms with Gasteiger partial charge in [-0.15, -0.1) is 0 Å². The Morgan fingerprint density at radius 3 is 2.21 bits per heavy atom. The van der Waals surface area contributed by atoms with Gasteiger partial charge in [-0.3, -0.25) is 0 Å². The maximum atomic E-state index is 12.5. The Balaban J connectivity index is 1.98. The fourth-order valence-electron chi connectivity index (χ4n) is 2.66. The van der Waals surface area contributed by atoms with E-state index >= 15 is 0 Å². The fraction of sp³-hybridized carbons (Fsp3) is 1.00. The number of hydrogen-bond donors (Lipinski definition) is 1. The summed E-state index contributed by atoms with van der Waals surface area (Å²) in [5.74, 6) is 0.173. The predicted molar refractivity (Wildman–Crippen MR) is 76.7 cm³/mol. The van der Waals surface area contributed by atoms with Crippen LogP contribution in [0.3, 0.4) is 0 Å². The van der Waals surface area contributed by atoms with E-state index in [0.717, 1.165) is 13.0 Å². The molecule has 0 radical (unpaired) electrons. The Hall–Kier alpha value is 0.100. The highest BCUT2D eigenvalue weighted by atomic mass is 32.2. The highest BCUT2D eigenvalue weighted by Crippen LogP contribution is 2.37. The van der Waals surface area contributed by atoms with Gasteiger partial charge < -0.3 is 5.32 Å². The van der Waals surface area contributed by atoms with E-state index in [0.29, 0.717) is 31.7 Å². The number of nitrogens with one attached hydrogen (secondary N) is 1. The number of alkyl halides is 3. The number of rotatable bonds is 8. The van der Waals surface area contributed by atoms with Crippen LogP contribution in [0.4, 0.5) is 13.2 Å². The van der Waals surface area contributed by atoms with Crippen LogP contribution in [-0.4, -0.2) is 30.8 Å². The molecule has 1 saturated carbocycles. The minimum Gasteiger partial charge on any atom is -0.314 e. The minimum absolute atomic E-state index is 0.300. The van der Waals surface area contributed by atoms with Gasteiger partial charge in [0.05, 0.1) is 5.92 Å². The molecule has 0 unspecified atom stereocenters. The molecule has 0 heterocycles. The minimum atomic E-state index is -3.98. The molecule has 0 amide bonds. The number of thioether (sulfide) groups is 1. The first-order chi connectivity index (χ1) is 9.04. The maximum Gasteiger partial charge on any atom is 0.391 e. The van der Waals surface area contributed by atoms with Crippen molar-refractivity contribution in [2.75, 3.05) is 18.6 Å². The molecule has 0 bridgehead atoms. The van der Waals surface area contributed by atoms with Gasteiger partial charge in [-0.05, 0) is 57.1 Å². The van der Waals surface area contributed by atoms with E-state index in [1.54, 1.807) is 0 Å². The Kier molecular flexibility index (Phi) is 8.23. The molecule has 1 rings (SSSR count). The van der Waals surface area contributed by atoms with E-state index in [9.17, 15) is 13.2 Å². The highest BCUT2D eigenvalue weighted by molar-refractivity contribution is 7.98. The molecule has 1 fully saturated rings. The summed E-state index contributed by atoms with van der Waals surface area (Å²) in [6, 6.07) is 0.310. The fourth-order valence-corrected chi connectivity index (χ4v) is 3.15. The van der Waals surface area contributed by atoms with Gasteiger partial charge in [0, 0.05) is 6.04 Å². The Morgan fingerprint density at radius 1 is 1.00 bits per heavy atom. The summed E-state index contributed by atoms with van der Waals surface area (Å²) >= 11 is 1.88. The number of unbranched alkanes of at least 4 members (excludes halogenated alkanes) is 3. The second-order valence-corrected chi connectivity index (χ2v) is 6.44. The smallest absolute Gasteiger partial charge is 0.314 e. The van der Waals surface area contributed by atoms with Crippen molar-refractivity contribution in [3.63, 3.8) is 0 Å².